The van der Waals surface area contributed by atoms with Gasteiger partial charge in [0.05, 0.1) is 10.8 Å². The van der Waals surface area contributed by atoms with E-state index in [2.05, 4.69) is 5.32 Å². The Labute approximate surface area is 111 Å². The molecule has 0 bridgehead atoms. The van der Waals surface area contributed by atoms with Crippen molar-refractivity contribution in [3.8, 4) is 0 Å². The summed E-state index contributed by atoms with van der Waals surface area (Å²) in [7, 11) is -3.14. The van der Waals surface area contributed by atoms with E-state index in [0.717, 1.165) is 12.1 Å². The molecule has 0 fully saturated rings. The van der Waals surface area contributed by atoms with Gasteiger partial charge < -0.3 is 5.32 Å². The minimum atomic E-state index is -3.14. The van der Waals surface area contributed by atoms with Crippen molar-refractivity contribution < 1.29 is 8.42 Å². The Kier molecular flexibility index (Phi) is 4.56. The number of hydrogen-bond acceptors (Lipinski definition) is 3. The maximum Gasteiger partial charge on any atom is 0.154 e. The third-order valence-electron chi connectivity index (χ3n) is 3.47. The third kappa shape index (κ3) is 3.12. The fourth-order valence-corrected chi connectivity index (χ4v) is 2.59. The molecule has 0 aliphatic carbocycles. The molecule has 0 heterocycles. The first kappa shape index (κ1) is 15.2. The van der Waals surface area contributed by atoms with E-state index in [1.165, 1.54) is 11.8 Å². The highest BCUT2D eigenvalue weighted by Gasteiger charge is 2.39. The zero-order chi connectivity index (χ0) is 14.0. The van der Waals surface area contributed by atoms with E-state index < -0.39 is 14.6 Å². The molecule has 1 aromatic rings. The van der Waals surface area contributed by atoms with Crippen LogP contribution in [0.3, 0.4) is 0 Å². The predicted octanol–water partition coefficient (Wildman–Crippen LogP) is 2.47. The molecule has 102 valence electrons. The van der Waals surface area contributed by atoms with Gasteiger partial charge in [-0.1, -0.05) is 36.8 Å². The summed E-state index contributed by atoms with van der Waals surface area (Å²) in [6.45, 7) is 8.29. The summed E-state index contributed by atoms with van der Waals surface area (Å²) in [6, 6.07) is 7.82. The number of benzene rings is 1. The molecule has 0 saturated carbocycles. The Morgan fingerprint density at radius 2 is 1.72 bits per heavy atom. The Morgan fingerprint density at radius 1 is 1.22 bits per heavy atom. The van der Waals surface area contributed by atoms with Crippen LogP contribution >= 0.6 is 0 Å². The largest absolute Gasteiger partial charge is 0.309 e. The molecule has 0 aliphatic heterocycles. The number of rotatable bonds is 5. The average Bonchev–Trinajstić information content (AvgIpc) is 2.25. The van der Waals surface area contributed by atoms with E-state index >= 15 is 0 Å². The highest BCUT2D eigenvalue weighted by atomic mass is 32.2. The zero-order valence-electron chi connectivity index (χ0n) is 11.8. The van der Waals surface area contributed by atoms with Crippen molar-refractivity contribution in [3.63, 3.8) is 0 Å². The summed E-state index contributed by atoms with van der Waals surface area (Å²) in [4.78, 5) is 0. The SMILES string of the molecule is CCNC(c1ccc(C)cc1)C(C)(C)S(C)(=O)=O. The van der Waals surface area contributed by atoms with Crippen molar-refractivity contribution in [2.45, 2.75) is 38.5 Å². The molecule has 18 heavy (non-hydrogen) atoms. The molecule has 1 rings (SSSR count). The fourth-order valence-electron chi connectivity index (χ4n) is 1.94. The van der Waals surface area contributed by atoms with Gasteiger partial charge in [0.2, 0.25) is 0 Å². The van der Waals surface area contributed by atoms with E-state index in [1.807, 2.05) is 38.1 Å². The van der Waals surface area contributed by atoms with Crippen LogP contribution in [0.2, 0.25) is 0 Å². The van der Waals surface area contributed by atoms with Gasteiger partial charge in [-0.15, -0.1) is 0 Å². The van der Waals surface area contributed by atoms with E-state index in [4.69, 9.17) is 0 Å². The summed E-state index contributed by atoms with van der Waals surface area (Å²) in [5, 5.41) is 3.29. The second-order valence-corrected chi connectivity index (χ2v) is 7.87. The monoisotopic (exact) mass is 269 g/mol. The van der Waals surface area contributed by atoms with Crippen LogP contribution in [-0.2, 0) is 9.84 Å². The lowest BCUT2D eigenvalue weighted by Crippen LogP contribution is -2.44. The van der Waals surface area contributed by atoms with Crippen LogP contribution < -0.4 is 5.32 Å². The Morgan fingerprint density at radius 3 is 2.11 bits per heavy atom. The molecule has 1 atom stereocenters. The molecule has 0 saturated heterocycles. The van der Waals surface area contributed by atoms with Gasteiger partial charge >= 0.3 is 0 Å². The Balaban J connectivity index is 3.22. The van der Waals surface area contributed by atoms with Crippen molar-refractivity contribution in [3.05, 3.63) is 35.4 Å². The van der Waals surface area contributed by atoms with Crippen molar-refractivity contribution in [1.82, 2.24) is 5.32 Å². The van der Waals surface area contributed by atoms with Gasteiger partial charge in [-0.25, -0.2) is 8.42 Å². The van der Waals surface area contributed by atoms with Crippen LogP contribution in [0.1, 0.15) is 37.9 Å². The summed E-state index contributed by atoms with van der Waals surface area (Å²) < 4.78 is 23.1. The number of aryl methyl sites for hydroxylation is 1. The topological polar surface area (TPSA) is 46.2 Å². The summed E-state index contributed by atoms with van der Waals surface area (Å²) in [6.07, 6.45) is 1.30. The summed E-state index contributed by atoms with van der Waals surface area (Å²) in [5.41, 5.74) is 2.18. The minimum absolute atomic E-state index is 0.196. The molecule has 0 aliphatic rings. The van der Waals surface area contributed by atoms with Gasteiger partial charge in [-0.2, -0.15) is 0 Å². The van der Waals surface area contributed by atoms with Crippen LogP contribution in [0.5, 0.6) is 0 Å². The summed E-state index contributed by atoms with van der Waals surface area (Å²) in [5.74, 6) is 0. The molecule has 0 amide bonds. The molecule has 3 nitrogen and oxygen atoms in total. The predicted molar refractivity (Wildman–Crippen MR) is 76.5 cm³/mol. The Bertz CT molecular complexity index is 489. The molecule has 1 N–H and O–H groups in total. The first-order valence-corrected chi connectivity index (χ1v) is 8.09. The molecule has 1 unspecified atom stereocenters. The van der Waals surface area contributed by atoms with Gasteiger partial charge in [0.15, 0.2) is 9.84 Å². The van der Waals surface area contributed by atoms with E-state index in [1.54, 1.807) is 13.8 Å². The smallest absolute Gasteiger partial charge is 0.154 e. The summed E-state index contributed by atoms with van der Waals surface area (Å²) >= 11 is 0. The lowest BCUT2D eigenvalue weighted by Gasteiger charge is -2.33. The molecule has 4 heteroatoms. The number of nitrogens with one attached hydrogen (secondary N) is 1. The zero-order valence-corrected chi connectivity index (χ0v) is 12.6. The van der Waals surface area contributed by atoms with Crippen molar-refractivity contribution in [2.24, 2.45) is 0 Å². The lowest BCUT2D eigenvalue weighted by molar-refractivity contribution is 0.428. The number of sulfone groups is 1. The van der Waals surface area contributed by atoms with Gasteiger partial charge in [0.25, 0.3) is 0 Å². The first-order valence-electron chi connectivity index (χ1n) is 6.19. The minimum Gasteiger partial charge on any atom is -0.309 e. The fraction of sp³-hybridized carbons (Fsp3) is 0.571. The standard InChI is InChI=1S/C14H23NO2S/c1-6-15-13(14(3,4)18(5,16)17)12-9-7-11(2)8-10-12/h7-10,13,15H,6H2,1-5H3. The van der Waals surface area contributed by atoms with Gasteiger partial charge in [0.1, 0.15) is 0 Å². The van der Waals surface area contributed by atoms with Crippen molar-refractivity contribution >= 4 is 9.84 Å². The van der Waals surface area contributed by atoms with E-state index in [-0.39, 0.29) is 6.04 Å². The second kappa shape index (κ2) is 5.41. The maximum absolute atomic E-state index is 12.0. The normalized spacial score (nSPS) is 14.5. The molecule has 1 aromatic carbocycles. The second-order valence-electron chi connectivity index (χ2n) is 5.28. The molecular weight excluding hydrogens is 246 g/mol. The van der Waals surface area contributed by atoms with Gasteiger partial charge in [-0.05, 0) is 32.9 Å². The van der Waals surface area contributed by atoms with Crippen LogP contribution in [0, 0.1) is 6.92 Å². The van der Waals surface area contributed by atoms with Crippen LogP contribution in [0.25, 0.3) is 0 Å². The highest BCUT2D eigenvalue weighted by Crippen LogP contribution is 2.32. The van der Waals surface area contributed by atoms with Crippen molar-refractivity contribution in [1.29, 1.82) is 0 Å². The first-order chi connectivity index (χ1) is 8.20. The molecule has 0 aromatic heterocycles. The quantitative estimate of drug-likeness (QED) is 0.893. The van der Waals surface area contributed by atoms with Crippen LogP contribution in [0.4, 0.5) is 0 Å². The van der Waals surface area contributed by atoms with E-state index in [0.29, 0.717) is 0 Å². The highest BCUT2D eigenvalue weighted by molar-refractivity contribution is 7.92. The molecular formula is C14H23NO2S. The average molecular weight is 269 g/mol. The van der Waals surface area contributed by atoms with E-state index in [9.17, 15) is 8.42 Å². The molecule has 0 spiro atoms. The van der Waals surface area contributed by atoms with Crippen LogP contribution in [-0.4, -0.2) is 26.0 Å². The van der Waals surface area contributed by atoms with Crippen LogP contribution in [0.15, 0.2) is 24.3 Å². The lowest BCUT2D eigenvalue weighted by atomic mass is 9.94. The Hall–Kier alpha value is -0.870. The van der Waals surface area contributed by atoms with Gasteiger partial charge in [0, 0.05) is 6.26 Å². The third-order valence-corrected chi connectivity index (χ3v) is 5.62. The van der Waals surface area contributed by atoms with Gasteiger partial charge in [-0.3, -0.25) is 0 Å². The number of hydrogen-bond donors (Lipinski definition) is 1. The van der Waals surface area contributed by atoms with Crippen molar-refractivity contribution in [2.75, 3.05) is 12.8 Å². The molecule has 0 radical (unpaired) electrons. The maximum atomic E-state index is 12.0.